The zero-order valence-electron chi connectivity index (χ0n) is 7.06. The van der Waals surface area contributed by atoms with Crippen LogP contribution in [0.15, 0.2) is 16.5 Å². The van der Waals surface area contributed by atoms with E-state index in [1.165, 1.54) is 0 Å². The smallest absolute Gasteiger partial charge is 0.219 e. The third kappa shape index (κ3) is 2.57. The van der Waals surface area contributed by atoms with Crippen LogP contribution in [0.3, 0.4) is 0 Å². The van der Waals surface area contributed by atoms with Gasteiger partial charge in [-0.05, 0) is 12.1 Å². The van der Waals surface area contributed by atoms with Gasteiger partial charge >= 0.3 is 0 Å². The summed E-state index contributed by atoms with van der Waals surface area (Å²) in [5.41, 5.74) is 10.5. The first-order valence-corrected chi connectivity index (χ1v) is 3.87. The summed E-state index contributed by atoms with van der Waals surface area (Å²) >= 11 is 0. The minimum absolute atomic E-state index is 0.0401. The average Bonchev–Trinajstić information content (AvgIpc) is 2.50. The molecule has 1 heterocycles. The van der Waals surface area contributed by atoms with Crippen LogP contribution in [-0.4, -0.2) is 11.0 Å². The number of carbonyl (C=O) groups is 1. The second-order valence-electron chi connectivity index (χ2n) is 2.74. The first kappa shape index (κ1) is 9.76. The van der Waals surface area contributed by atoms with Gasteiger partial charge in [0.1, 0.15) is 18.1 Å². The van der Waals surface area contributed by atoms with Crippen LogP contribution in [0.2, 0.25) is 0 Å². The topological polar surface area (TPSA) is 102 Å². The molecule has 1 atom stereocenters. The van der Waals surface area contributed by atoms with Gasteiger partial charge in [-0.2, -0.15) is 0 Å². The zero-order chi connectivity index (χ0) is 9.84. The maximum absolute atomic E-state index is 10.5. The summed E-state index contributed by atoms with van der Waals surface area (Å²) in [6.07, 6.45) is 0.0401. The fourth-order valence-electron chi connectivity index (χ4n) is 0.996. The third-order valence-electron chi connectivity index (χ3n) is 1.62. The Labute approximate surface area is 75.3 Å². The number of hydrogen-bond donors (Lipinski definition) is 3. The van der Waals surface area contributed by atoms with Crippen molar-refractivity contribution in [3.8, 4) is 0 Å². The molecule has 0 fully saturated rings. The third-order valence-corrected chi connectivity index (χ3v) is 1.62. The fraction of sp³-hybridized carbons (Fsp3) is 0.375. The van der Waals surface area contributed by atoms with Crippen molar-refractivity contribution in [2.45, 2.75) is 19.1 Å². The second-order valence-corrected chi connectivity index (χ2v) is 2.74. The van der Waals surface area contributed by atoms with Gasteiger partial charge in [0.25, 0.3) is 0 Å². The van der Waals surface area contributed by atoms with Crippen molar-refractivity contribution in [1.29, 1.82) is 0 Å². The Kier molecular flexibility index (Phi) is 3.05. The molecule has 1 unspecified atom stereocenters. The van der Waals surface area contributed by atoms with Crippen LogP contribution in [0, 0.1) is 0 Å². The Morgan fingerprint density at radius 2 is 2.31 bits per heavy atom. The number of furan rings is 1. The maximum Gasteiger partial charge on any atom is 0.219 e. The number of nitrogens with two attached hydrogens (primary N) is 2. The molecule has 0 aliphatic heterocycles. The van der Waals surface area contributed by atoms with Gasteiger partial charge in [-0.3, -0.25) is 4.79 Å². The van der Waals surface area contributed by atoms with Gasteiger partial charge in [0.2, 0.25) is 5.91 Å². The lowest BCUT2D eigenvalue weighted by atomic mass is 10.1. The molecule has 0 saturated carbocycles. The summed E-state index contributed by atoms with van der Waals surface area (Å²) in [4.78, 5) is 10.5. The molecular weight excluding hydrogens is 172 g/mol. The minimum atomic E-state index is -0.530. The molecule has 0 aliphatic rings. The summed E-state index contributed by atoms with van der Waals surface area (Å²) in [5, 5.41) is 8.69. The number of aliphatic hydroxyl groups excluding tert-OH is 1. The highest BCUT2D eigenvalue weighted by atomic mass is 16.4. The number of carbonyl (C=O) groups excluding carboxylic acids is 1. The van der Waals surface area contributed by atoms with Gasteiger partial charge in [0, 0.05) is 6.42 Å². The molecule has 0 aliphatic carbocycles. The second kappa shape index (κ2) is 4.06. The molecule has 72 valence electrons. The average molecular weight is 184 g/mol. The lowest BCUT2D eigenvalue weighted by molar-refractivity contribution is -0.118. The summed E-state index contributed by atoms with van der Waals surface area (Å²) in [5.74, 6) is 0.409. The Morgan fingerprint density at radius 3 is 2.77 bits per heavy atom. The van der Waals surface area contributed by atoms with E-state index in [4.69, 9.17) is 21.0 Å². The van der Waals surface area contributed by atoms with Gasteiger partial charge in [-0.15, -0.1) is 0 Å². The molecule has 0 bridgehead atoms. The molecule has 0 spiro atoms. The van der Waals surface area contributed by atoms with Gasteiger partial charge in [-0.25, -0.2) is 0 Å². The van der Waals surface area contributed by atoms with Gasteiger partial charge in [0.15, 0.2) is 0 Å². The van der Waals surface area contributed by atoms with Gasteiger partial charge in [0.05, 0.1) is 6.04 Å². The van der Waals surface area contributed by atoms with E-state index in [2.05, 4.69) is 0 Å². The molecule has 0 aromatic carbocycles. The molecule has 1 rings (SSSR count). The van der Waals surface area contributed by atoms with Crippen LogP contribution >= 0.6 is 0 Å². The van der Waals surface area contributed by atoms with E-state index in [0.717, 1.165) is 0 Å². The standard InChI is InChI=1S/C8H12N2O3/c9-6(3-8(10)12)7-2-1-5(4-11)13-7/h1-2,6,11H,3-4,9H2,(H2,10,12). The molecule has 1 aromatic rings. The van der Waals surface area contributed by atoms with Crippen LogP contribution in [0.25, 0.3) is 0 Å². The number of aliphatic hydroxyl groups is 1. The maximum atomic E-state index is 10.5. The monoisotopic (exact) mass is 184 g/mol. The predicted molar refractivity (Wildman–Crippen MR) is 45.4 cm³/mol. The fourth-order valence-corrected chi connectivity index (χ4v) is 0.996. The molecule has 5 heteroatoms. The van der Waals surface area contributed by atoms with Crippen molar-refractivity contribution in [1.82, 2.24) is 0 Å². The molecule has 1 aromatic heterocycles. The van der Waals surface area contributed by atoms with Crippen molar-refractivity contribution in [2.24, 2.45) is 11.5 Å². The Balaban J connectivity index is 2.65. The lowest BCUT2D eigenvalue weighted by Gasteiger charge is -2.04. The highest BCUT2D eigenvalue weighted by Crippen LogP contribution is 2.16. The first-order chi connectivity index (χ1) is 6.13. The normalized spacial score (nSPS) is 12.8. The van der Waals surface area contributed by atoms with Crippen molar-refractivity contribution in [3.05, 3.63) is 23.7 Å². The van der Waals surface area contributed by atoms with E-state index in [0.29, 0.717) is 11.5 Å². The molecule has 1 amide bonds. The number of primary amides is 1. The number of rotatable bonds is 4. The molecule has 0 saturated heterocycles. The summed E-state index contributed by atoms with van der Waals surface area (Å²) in [7, 11) is 0. The lowest BCUT2D eigenvalue weighted by Crippen LogP contribution is -2.20. The predicted octanol–water partition coefficient (Wildman–Crippen LogP) is -0.353. The highest BCUT2D eigenvalue weighted by molar-refractivity contribution is 5.74. The Bertz CT molecular complexity index is 295. The van der Waals surface area contributed by atoms with E-state index in [-0.39, 0.29) is 13.0 Å². The van der Waals surface area contributed by atoms with Crippen molar-refractivity contribution in [3.63, 3.8) is 0 Å². The highest BCUT2D eigenvalue weighted by Gasteiger charge is 2.12. The van der Waals surface area contributed by atoms with Gasteiger partial charge < -0.3 is 21.0 Å². The Morgan fingerprint density at radius 1 is 1.62 bits per heavy atom. The molecule has 5 N–H and O–H groups in total. The van der Waals surface area contributed by atoms with Crippen LogP contribution in [0.5, 0.6) is 0 Å². The summed E-state index contributed by atoms with van der Waals surface area (Å²) in [6.45, 7) is -0.177. The van der Waals surface area contributed by atoms with E-state index >= 15 is 0 Å². The van der Waals surface area contributed by atoms with E-state index in [9.17, 15) is 4.79 Å². The van der Waals surface area contributed by atoms with Gasteiger partial charge in [-0.1, -0.05) is 0 Å². The zero-order valence-corrected chi connectivity index (χ0v) is 7.06. The molecule has 13 heavy (non-hydrogen) atoms. The molecule has 5 nitrogen and oxygen atoms in total. The van der Waals surface area contributed by atoms with E-state index in [1.807, 2.05) is 0 Å². The summed E-state index contributed by atoms with van der Waals surface area (Å²) in [6, 6.07) is 2.70. The van der Waals surface area contributed by atoms with Crippen LogP contribution < -0.4 is 11.5 Å². The molecular formula is C8H12N2O3. The Hall–Kier alpha value is -1.33. The van der Waals surface area contributed by atoms with Crippen molar-refractivity contribution in [2.75, 3.05) is 0 Å². The summed E-state index contributed by atoms with van der Waals surface area (Å²) < 4.78 is 5.11. The van der Waals surface area contributed by atoms with Crippen molar-refractivity contribution >= 4 is 5.91 Å². The van der Waals surface area contributed by atoms with Crippen LogP contribution in [0.4, 0.5) is 0 Å². The molecule has 0 radical (unpaired) electrons. The number of hydrogen-bond acceptors (Lipinski definition) is 4. The number of amides is 1. The largest absolute Gasteiger partial charge is 0.462 e. The minimum Gasteiger partial charge on any atom is -0.462 e. The van der Waals surface area contributed by atoms with E-state index < -0.39 is 11.9 Å². The quantitative estimate of drug-likeness (QED) is 0.594. The van der Waals surface area contributed by atoms with Crippen LogP contribution in [0.1, 0.15) is 24.0 Å². The SMILES string of the molecule is NC(=O)CC(N)c1ccc(CO)o1. The van der Waals surface area contributed by atoms with Crippen molar-refractivity contribution < 1.29 is 14.3 Å². The first-order valence-electron chi connectivity index (χ1n) is 3.87. The van der Waals surface area contributed by atoms with Crippen LogP contribution in [-0.2, 0) is 11.4 Å². The van der Waals surface area contributed by atoms with E-state index in [1.54, 1.807) is 12.1 Å².